The standard InChI is InChI=1S/C21H14N4O/c26-21-17(15-3-1-2-4-19(15)24-21)10-13-9-16(14-5-7-22-8-6-14)18-12-23-25-20(18)11-13/h1-12H,(H,23,25)(H,24,26)/b17-10+. The van der Waals surface area contributed by atoms with Crippen molar-refractivity contribution in [3.63, 3.8) is 0 Å². The minimum atomic E-state index is -0.0821. The lowest BCUT2D eigenvalue weighted by Gasteiger charge is -2.06. The number of carbonyl (C=O) groups is 1. The second-order valence-electron chi connectivity index (χ2n) is 6.19. The largest absolute Gasteiger partial charge is 0.321 e. The van der Waals surface area contributed by atoms with Crippen molar-refractivity contribution in [3.8, 4) is 11.1 Å². The highest BCUT2D eigenvalue weighted by Gasteiger charge is 2.23. The maximum absolute atomic E-state index is 12.4. The van der Waals surface area contributed by atoms with Gasteiger partial charge in [-0.25, -0.2) is 0 Å². The van der Waals surface area contributed by atoms with E-state index in [1.165, 1.54) is 0 Å². The molecule has 0 fully saturated rings. The van der Waals surface area contributed by atoms with E-state index in [-0.39, 0.29) is 5.91 Å². The lowest BCUT2D eigenvalue weighted by molar-refractivity contribution is -0.110. The van der Waals surface area contributed by atoms with Crippen molar-refractivity contribution in [3.05, 3.63) is 78.2 Å². The molecule has 0 aliphatic carbocycles. The van der Waals surface area contributed by atoms with Gasteiger partial charge in [0, 0.05) is 34.6 Å². The number of hydrogen-bond acceptors (Lipinski definition) is 3. The first kappa shape index (κ1) is 14.6. The number of nitrogens with one attached hydrogen (secondary N) is 2. The summed E-state index contributed by atoms with van der Waals surface area (Å²) >= 11 is 0. The van der Waals surface area contributed by atoms with E-state index in [1.807, 2.05) is 54.7 Å². The van der Waals surface area contributed by atoms with E-state index in [1.54, 1.807) is 12.4 Å². The minimum absolute atomic E-state index is 0.0821. The quantitative estimate of drug-likeness (QED) is 0.540. The molecule has 0 spiro atoms. The van der Waals surface area contributed by atoms with Gasteiger partial charge in [-0.15, -0.1) is 0 Å². The molecular formula is C21H14N4O. The molecule has 0 radical (unpaired) electrons. The fourth-order valence-corrected chi connectivity index (χ4v) is 3.38. The number of fused-ring (bicyclic) bond motifs is 2. The van der Waals surface area contributed by atoms with Gasteiger partial charge in [-0.2, -0.15) is 5.10 Å². The number of aromatic nitrogens is 3. The number of pyridine rings is 1. The Bertz CT molecular complexity index is 1180. The Morgan fingerprint density at radius 2 is 1.81 bits per heavy atom. The normalized spacial score (nSPS) is 14.6. The minimum Gasteiger partial charge on any atom is -0.321 e. The van der Waals surface area contributed by atoms with E-state index in [2.05, 4.69) is 26.6 Å². The summed E-state index contributed by atoms with van der Waals surface area (Å²) in [7, 11) is 0. The summed E-state index contributed by atoms with van der Waals surface area (Å²) in [5, 5.41) is 11.1. The van der Waals surface area contributed by atoms with E-state index in [0.29, 0.717) is 5.57 Å². The van der Waals surface area contributed by atoms with Gasteiger partial charge in [0.05, 0.1) is 11.7 Å². The van der Waals surface area contributed by atoms with Crippen molar-refractivity contribution in [2.45, 2.75) is 0 Å². The van der Waals surface area contributed by atoms with Gasteiger partial charge in [-0.05, 0) is 53.1 Å². The van der Waals surface area contributed by atoms with Crippen LogP contribution < -0.4 is 5.32 Å². The number of H-pyrrole nitrogens is 1. The highest BCUT2D eigenvalue weighted by atomic mass is 16.2. The van der Waals surface area contributed by atoms with E-state index < -0.39 is 0 Å². The molecule has 26 heavy (non-hydrogen) atoms. The maximum Gasteiger partial charge on any atom is 0.256 e. The van der Waals surface area contributed by atoms with E-state index >= 15 is 0 Å². The molecule has 1 aliphatic heterocycles. The number of carbonyl (C=O) groups excluding carboxylic acids is 1. The third-order valence-corrected chi connectivity index (χ3v) is 4.59. The van der Waals surface area contributed by atoms with Gasteiger partial charge in [-0.1, -0.05) is 18.2 Å². The zero-order valence-electron chi connectivity index (χ0n) is 13.7. The molecule has 1 amide bonds. The molecule has 0 atom stereocenters. The molecule has 2 N–H and O–H groups in total. The van der Waals surface area contributed by atoms with Crippen molar-refractivity contribution in [2.24, 2.45) is 0 Å². The Kier molecular flexibility index (Phi) is 3.18. The summed E-state index contributed by atoms with van der Waals surface area (Å²) in [5.74, 6) is -0.0821. The third-order valence-electron chi connectivity index (χ3n) is 4.59. The Labute approximate surface area is 149 Å². The summed E-state index contributed by atoms with van der Waals surface area (Å²) in [6, 6.07) is 15.7. The van der Waals surface area contributed by atoms with E-state index in [0.717, 1.165) is 38.8 Å². The van der Waals surface area contributed by atoms with Crippen molar-refractivity contribution in [2.75, 3.05) is 5.32 Å². The SMILES string of the molecule is O=C1Nc2ccccc2/C1=C\c1cc(-c2ccncc2)c2cn[nH]c2c1. The maximum atomic E-state index is 12.4. The zero-order valence-corrected chi connectivity index (χ0v) is 13.7. The summed E-state index contributed by atoms with van der Waals surface area (Å²) in [4.78, 5) is 16.5. The molecular weight excluding hydrogens is 324 g/mol. The van der Waals surface area contributed by atoms with Crippen LogP contribution in [-0.4, -0.2) is 21.1 Å². The highest BCUT2D eigenvalue weighted by molar-refractivity contribution is 6.35. The van der Waals surface area contributed by atoms with Crippen LogP contribution in [0.15, 0.2) is 67.1 Å². The molecule has 4 aromatic rings. The average molecular weight is 338 g/mol. The van der Waals surface area contributed by atoms with Crippen LogP contribution in [0.4, 0.5) is 5.69 Å². The van der Waals surface area contributed by atoms with Crippen LogP contribution in [0.25, 0.3) is 33.7 Å². The average Bonchev–Trinajstić information content (AvgIpc) is 3.26. The Hall–Kier alpha value is -3.73. The van der Waals surface area contributed by atoms with Gasteiger partial charge in [-0.3, -0.25) is 14.9 Å². The van der Waals surface area contributed by atoms with Crippen molar-refractivity contribution < 1.29 is 4.79 Å². The lowest BCUT2D eigenvalue weighted by Crippen LogP contribution is -2.03. The Morgan fingerprint density at radius 3 is 2.69 bits per heavy atom. The number of amides is 1. The zero-order chi connectivity index (χ0) is 17.5. The summed E-state index contributed by atoms with van der Waals surface area (Å²) < 4.78 is 0. The van der Waals surface area contributed by atoms with E-state index in [9.17, 15) is 4.79 Å². The predicted molar refractivity (Wildman–Crippen MR) is 102 cm³/mol. The number of rotatable bonds is 2. The van der Waals surface area contributed by atoms with Crippen LogP contribution in [0.1, 0.15) is 11.1 Å². The molecule has 0 unspecified atom stereocenters. The molecule has 1 aliphatic rings. The van der Waals surface area contributed by atoms with Crippen LogP contribution >= 0.6 is 0 Å². The first-order valence-corrected chi connectivity index (χ1v) is 8.29. The van der Waals surface area contributed by atoms with Gasteiger partial charge in [0.25, 0.3) is 5.91 Å². The molecule has 2 aromatic carbocycles. The second kappa shape index (κ2) is 5.67. The summed E-state index contributed by atoms with van der Waals surface area (Å²) in [5.41, 5.74) is 6.42. The number of hydrogen-bond donors (Lipinski definition) is 2. The number of para-hydroxylation sites is 1. The monoisotopic (exact) mass is 338 g/mol. The summed E-state index contributed by atoms with van der Waals surface area (Å²) in [6.07, 6.45) is 7.28. The Balaban J connectivity index is 1.70. The molecule has 0 saturated heterocycles. The number of aromatic amines is 1. The van der Waals surface area contributed by atoms with Crippen molar-refractivity contribution in [1.82, 2.24) is 15.2 Å². The number of benzene rings is 2. The molecule has 0 saturated carbocycles. The van der Waals surface area contributed by atoms with Gasteiger partial charge in [0.1, 0.15) is 0 Å². The number of nitrogens with zero attached hydrogens (tertiary/aromatic N) is 2. The fraction of sp³-hybridized carbons (Fsp3) is 0. The summed E-state index contributed by atoms with van der Waals surface area (Å²) in [6.45, 7) is 0. The van der Waals surface area contributed by atoms with Crippen LogP contribution in [0.5, 0.6) is 0 Å². The van der Waals surface area contributed by atoms with Crippen LogP contribution in [0.2, 0.25) is 0 Å². The first-order valence-electron chi connectivity index (χ1n) is 8.29. The first-order chi connectivity index (χ1) is 12.8. The molecule has 5 rings (SSSR count). The molecule has 5 heteroatoms. The topological polar surface area (TPSA) is 70.7 Å². The van der Waals surface area contributed by atoms with E-state index in [4.69, 9.17) is 0 Å². The third kappa shape index (κ3) is 2.29. The predicted octanol–water partition coefficient (Wildman–Crippen LogP) is 4.12. The molecule has 124 valence electrons. The Morgan fingerprint density at radius 1 is 0.962 bits per heavy atom. The van der Waals surface area contributed by atoms with Gasteiger partial charge in [0.2, 0.25) is 0 Å². The number of anilines is 1. The molecule has 0 bridgehead atoms. The molecule has 5 nitrogen and oxygen atoms in total. The molecule has 3 heterocycles. The highest BCUT2D eigenvalue weighted by Crippen LogP contribution is 2.35. The van der Waals surface area contributed by atoms with Gasteiger partial charge >= 0.3 is 0 Å². The van der Waals surface area contributed by atoms with Gasteiger partial charge < -0.3 is 5.32 Å². The second-order valence-corrected chi connectivity index (χ2v) is 6.19. The smallest absolute Gasteiger partial charge is 0.256 e. The van der Waals surface area contributed by atoms with Crippen LogP contribution in [0.3, 0.4) is 0 Å². The molecule has 2 aromatic heterocycles. The van der Waals surface area contributed by atoms with Crippen molar-refractivity contribution >= 4 is 34.1 Å². The fourth-order valence-electron chi connectivity index (χ4n) is 3.38. The van der Waals surface area contributed by atoms with Gasteiger partial charge in [0.15, 0.2) is 0 Å². The lowest BCUT2D eigenvalue weighted by atomic mass is 9.97. The van der Waals surface area contributed by atoms with Crippen LogP contribution in [-0.2, 0) is 4.79 Å². The van der Waals surface area contributed by atoms with Crippen LogP contribution in [0, 0.1) is 0 Å². The van der Waals surface area contributed by atoms with Crippen molar-refractivity contribution in [1.29, 1.82) is 0 Å².